The van der Waals surface area contributed by atoms with Crippen molar-refractivity contribution in [3.05, 3.63) is 89.7 Å². The second-order valence-corrected chi connectivity index (χ2v) is 9.75. The lowest BCUT2D eigenvalue weighted by molar-refractivity contribution is -0.128. The summed E-state index contributed by atoms with van der Waals surface area (Å²) < 4.78 is 24.4. The minimum Gasteiger partial charge on any atom is -0.497 e. The second-order valence-electron chi connectivity index (χ2n) is 8.58. The topological polar surface area (TPSA) is 97.3 Å². The van der Waals surface area contributed by atoms with E-state index in [1.54, 1.807) is 80.8 Å². The highest BCUT2D eigenvalue weighted by Gasteiger charge is 2.39. The monoisotopic (exact) mass is 549 g/mol. The molecule has 202 valence electrons. The van der Waals surface area contributed by atoms with Gasteiger partial charge in [0.1, 0.15) is 16.8 Å². The average molecular weight is 550 g/mol. The zero-order chi connectivity index (χ0) is 27.8. The second kappa shape index (κ2) is 13.1. The first-order chi connectivity index (χ1) is 18.9. The predicted octanol–water partition coefficient (Wildman–Crippen LogP) is 5.21. The van der Waals surface area contributed by atoms with Crippen LogP contribution < -0.4 is 10.1 Å². The van der Waals surface area contributed by atoms with Crippen molar-refractivity contribution in [1.29, 1.82) is 0 Å². The standard InChI is InChI=1S/C29H28FN3O5S/c1-3-38-28(36)20-8-10-22(11-9-20)32-29-33(17-16-19-6-4-5-7-24(19)30)27(35)25(39-29)18-26(34)31-21-12-14-23(37-2)15-13-21/h4-15,25H,3,16-18H2,1-2H3,(H,31,34). The molecule has 0 aliphatic carbocycles. The van der Waals surface area contributed by atoms with Crippen LogP contribution in [0.4, 0.5) is 15.8 Å². The fourth-order valence-corrected chi connectivity index (χ4v) is 5.10. The predicted molar refractivity (Wildman–Crippen MR) is 149 cm³/mol. The number of rotatable bonds is 10. The molecule has 0 aromatic heterocycles. The Hall–Kier alpha value is -4.18. The Bertz CT molecular complexity index is 1360. The molecule has 2 amide bonds. The maximum absolute atomic E-state index is 14.2. The van der Waals surface area contributed by atoms with Gasteiger partial charge in [0.05, 0.1) is 25.0 Å². The molecule has 0 spiro atoms. The SMILES string of the molecule is CCOC(=O)c1ccc(N=C2SC(CC(=O)Nc3ccc(OC)cc3)C(=O)N2CCc2ccccc2F)cc1. The molecule has 4 rings (SSSR count). The molecule has 1 heterocycles. The summed E-state index contributed by atoms with van der Waals surface area (Å²) in [5.41, 5.74) is 1.98. The van der Waals surface area contributed by atoms with Crippen LogP contribution in [-0.2, 0) is 20.7 Å². The lowest BCUT2D eigenvalue weighted by atomic mass is 10.1. The van der Waals surface area contributed by atoms with Crippen LogP contribution >= 0.6 is 11.8 Å². The highest BCUT2D eigenvalue weighted by atomic mass is 32.2. The Labute approximate surface area is 230 Å². The number of anilines is 1. The van der Waals surface area contributed by atoms with Crippen molar-refractivity contribution in [1.82, 2.24) is 4.90 Å². The van der Waals surface area contributed by atoms with Gasteiger partial charge in [-0.15, -0.1) is 0 Å². The van der Waals surface area contributed by atoms with Crippen LogP contribution in [0.5, 0.6) is 5.75 Å². The van der Waals surface area contributed by atoms with Gasteiger partial charge in [0, 0.05) is 18.7 Å². The minimum atomic E-state index is -0.693. The highest BCUT2D eigenvalue weighted by Crippen LogP contribution is 2.32. The number of thioether (sulfide) groups is 1. The number of hydrogen-bond acceptors (Lipinski definition) is 7. The summed E-state index contributed by atoms with van der Waals surface area (Å²) in [6.07, 6.45) is 0.219. The van der Waals surface area contributed by atoms with Crippen LogP contribution in [0.2, 0.25) is 0 Å². The Morgan fingerprint density at radius 2 is 1.77 bits per heavy atom. The van der Waals surface area contributed by atoms with Gasteiger partial charge in [0.15, 0.2) is 5.17 Å². The van der Waals surface area contributed by atoms with Gasteiger partial charge in [0.25, 0.3) is 0 Å². The zero-order valence-electron chi connectivity index (χ0n) is 21.6. The Morgan fingerprint density at radius 3 is 2.44 bits per heavy atom. The molecule has 1 saturated heterocycles. The van der Waals surface area contributed by atoms with E-state index in [2.05, 4.69) is 10.3 Å². The van der Waals surface area contributed by atoms with Gasteiger partial charge in [0.2, 0.25) is 11.8 Å². The Balaban J connectivity index is 1.51. The molecule has 1 aliphatic heterocycles. The van der Waals surface area contributed by atoms with E-state index in [1.165, 1.54) is 22.7 Å². The minimum absolute atomic E-state index is 0.0630. The number of halogens is 1. The number of ether oxygens (including phenoxy) is 2. The number of esters is 1. The Morgan fingerprint density at radius 1 is 1.05 bits per heavy atom. The summed E-state index contributed by atoms with van der Waals surface area (Å²) in [5, 5.41) is 2.51. The van der Waals surface area contributed by atoms with E-state index in [-0.39, 0.29) is 43.6 Å². The molecule has 0 saturated carbocycles. The third kappa shape index (κ3) is 7.23. The molecule has 3 aromatic carbocycles. The molecule has 1 aliphatic rings. The first-order valence-electron chi connectivity index (χ1n) is 12.4. The van der Waals surface area contributed by atoms with Crippen molar-refractivity contribution in [2.75, 3.05) is 25.6 Å². The molecule has 8 nitrogen and oxygen atoms in total. The number of amidine groups is 1. The largest absolute Gasteiger partial charge is 0.497 e. The van der Waals surface area contributed by atoms with E-state index < -0.39 is 11.2 Å². The summed E-state index contributed by atoms with van der Waals surface area (Å²) in [7, 11) is 1.56. The van der Waals surface area contributed by atoms with Crippen molar-refractivity contribution in [3.63, 3.8) is 0 Å². The number of hydrogen-bond donors (Lipinski definition) is 1. The summed E-state index contributed by atoms with van der Waals surface area (Å²) in [5.74, 6) is -0.712. The summed E-state index contributed by atoms with van der Waals surface area (Å²) in [4.78, 5) is 44.2. The molecule has 1 atom stereocenters. The number of benzene rings is 3. The van der Waals surface area contributed by atoms with E-state index >= 15 is 0 Å². The van der Waals surface area contributed by atoms with Crippen LogP contribution in [0.25, 0.3) is 0 Å². The van der Waals surface area contributed by atoms with Crippen LogP contribution in [-0.4, -0.2) is 53.4 Å². The molecule has 1 N–H and O–H groups in total. The molecule has 3 aromatic rings. The normalized spacial score (nSPS) is 15.9. The van der Waals surface area contributed by atoms with E-state index in [0.29, 0.717) is 33.4 Å². The quantitative estimate of drug-likeness (QED) is 0.349. The van der Waals surface area contributed by atoms with Crippen LogP contribution in [0.15, 0.2) is 77.8 Å². The average Bonchev–Trinajstić information content (AvgIpc) is 3.22. The van der Waals surface area contributed by atoms with Crippen molar-refractivity contribution in [2.24, 2.45) is 4.99 Å². The fraction of sp³-hybridized carbons (Fsp3) is 0.241. The van der Waals surface area contributed by atoms with Crippen LogP contribution in [0.3, 0.4) is 0 Å². The third-order valence-corrected chi connectivity index (χ3v) is 7.11. The van der Waals surface area contributed by atoms with Gasteiger partial charge < -0.3 is 14.8 Å². The van der Waals surface area contributed by atoms with Crippen molar-refractivity contribution < 1.29 is 28.2 Å². The van der Waals surface area contributed by atoms with Gasteiger partial charge in [-0.1, -0.05) is 30.0 Å². The first kappa shape index (κ1) is 27.8. The smallest absolute Gasteiger partial charge is 0.338 e. The molecular weight excluding hydrogens is 521 g/mol. The number of amides is 2. The van der Waals surface area contributed by atoms with Gasteiger partial charge in [-0.25, -0.2) is 14.2 Å². The lowest BCUT2D eigenvalue weighted by Gasteiger charge is -2.17. The van der Waals surface area contributed by atoms with E-state index in [4.69, 9.17) is 9.47 Å². The van der Waals surface area contributed by atoms with Crippen LogP contribution in [0, 0.1) is 5.82 Å². The third-order valence-electron chi connectivity index (χ3n) is 5.93. The van der Waals surface area contributed by atoms with Gasteiger partial charge in [-0.3, -0.25) is 14.5 Å². The molecule has 1 fully saturated rings. The van der Waals surface area contributed by atoms with E-state index in [0.717, 1.165) is 0 Å². The number of carbonyl (C=O) groups excluding carboxylic acids is 3. The first-order valence-corrected chi connectivity index (χ1v) is 13.3. The Kier molecular flexibility index (Phi) is 9.32. The molecule has 0 bridgehead atoms. The number of nitrogens with zero attached hydrogens (tertiary/aromatic N) is 2. The molecular formula is C29H28FN3O5S. The summed E-state index contributed by atoms with van der Waals surface area (Å²) >= 11 is 1.18. The number of carbonyl (C=O) groups is 3. The lowest BCUT2D eigenvalue weighted by Crippen LogP contribution is -2.35. The summed E-state index contributed by atoms with van der Waals surface area (Å²) in [6.45, 7) is 2.20. The van der Waals surface area contributed by atoms with Gasteiger partial charge in [-0.05, 0) is 73.5 Å². The number of aliphatic imine (C=N–C) groups is 1. The number of methoxy groups -OCH3 is 1. The van der Waals surface area contributed by atoms with E-state index in [1.807, 2.05) is 0 Å². The number of nitrogens with one attached hydrogen (secondary N) is 1. The summed E-state index contributed by atoms with van der Waals surface area (Å²) in [6, 6.07) is 19.8. The van der Waals surface area contributed by atoms with Crippen molar-refractivity contribution in [3.8, 4) is 5.75 Å². The highest BCUT2D eigenvalue weighted by molar-refractivity contribution is 8.15. The van der Waals surface area contributed by atoms with Gasteiger partial charge >= 0.3 is 5.97 Å². The maximum Gasteiger partial charge on any atom is 0.338 e. The van der Waals surface area contributed by atoms with Crippen molar-refractivity contribution in [2.45, 2.75) is 25.0 Å². The van der Waals surface area contributed by atoms with E-state index in [9.17, 15) is 18.8 Å². The maximum atomic E-state index is 14.2. The van der Waals surface area contributed by atoms with Gasteiger partial charge in [-0.2, -0.15) is 0 Å². The fourth-order valence-electron chi connectivity index (χ4n) is 3.92. The van der Waals surface area contributed by atoms with Crippen LogP contribution in [0.1, 0.15) is 29.3 Å². The van der Waals surface area contributed by atoms with Crippen molar-refractivity contribution >= 4 is 46.1 Å². The molecule has 1 unspecified atom stereocenters. The molecule has 0 radical (unpaired) electrons. The molecule has 39 heavy (non-hydrogen) atoms. The molecule has 10 heteroatoms. The zero-order valence-corrected chi connectivity index (χ0v) is 22.4.